The normalized spacial score (nSPS) is 14.1. The van der Waals surface area contributed by atoms with Gasteiger partial charge in [0, 0.05) is 17.7 Å². The van der Waals surface area contributed by atoms with Gasteiger partial charge in [-0.15, -0.1) is 0 Å². The third kappa shape index (κ3) is 2.88. The highest BCUT2D eigenvalue weighted by molar-refractivity contribution is 5.60. The fourth-order valence-electron chi connectivity index (χ4n) is 2.14. The molecular formula is C15H19N5. The molecule has 3 rings (SSSR count). The molecule has 1 aromatic carbocycles. The van der Waals surface area contributed by atoms with E-state index in [4.69, 9.17) is 5.84 Å². The van der Waals surface area contributed by atoms with Gasteiger partial charge >= 0.3 is 0 Å². The van der Waals surface area contributed by atoms with Gasteiger partial charge in [-0.2, -0.15) is 0 Å². The van der Waals surface area contributed by atoms with Crippen molar-refractivity contribution in [1.82, 2.24) is 9.97 Å². The number of rotatable bonds is 5. The Labute approximate surface area is 118 Å². The predicted molar refractivity (Wildman–Crippen MR) is 80.9 cm³/mol. The van der Waals surface area contributed by atoms with Crippen molar-refractivity contribution in [2.75, 3.05) is 10.7 Å². The van der Waals surface area contributed by atoms with E-state index >= 15 is 0 Å². The fraction of sp³-hybridized carbons (Fsp3) is 0.333. The van der Waals surface area contributed by atoms with Crippen molar-refractivity contribution in [1.29, 1.82) is 0 Å². The average Bonchev–Trinajstić information content (AvgIpc) is 3.31. The molecule has 0 unspecified atom stereocenters. The van der Waals surface area contributed by atoms with Crippen LogP contribution in [0.25, 0.3) is 0 Å². The second kappa shape index (κ2) is 5.46. The van der Waals surface area contributed by atoms with Crippen molar-refractivity contribution in [2.45, 2.75) is 32.1 Å². The molecule has 1 saturated carbocycles. The Morgan fingerprint density at radius 3 is 2.70 bits per heavy atom. The highest BCUT2D eigenvalue weighted by Gasteiger charge is 2.27. The van der Waals surface area contributed by atoms with Crippen molar-refractivity contribution in [2.24, 2.45) is 5.84 Å². The van der Waals surface area contributed by atoms with Crippen LogP contribution in [0.2, 0.25) is 0 Å². The number of aromatic nitrogens is 2. The van der Waals surface area contributed by atoms with Crippen molar-refractivity contribution in [3.05, 3.63) is 41.7 Å². The van der Waals surface area contributed by atoms with Crippen LogP contribution in [0.15, 0.2) is 30.3 Å². The van der Waals surface area contributed by atoms with E-state index in [1.54, 1.807) is 0 Å². The van der Waals surface area contributed by atoms with Gasteiger partial charge in [-0.1, -0.05) is 19.1 Å². The number of nitrogen functional groups attached to an aromatic ring is 1. The van der Waals surface area contributed by atoms with Crippen LogP contribution in [0.5, 0.6) is 0 Å². The van der Waals surface area contributed by atoms with Gasteiger partial charge in [-0.25, -0.2) is 15.8 Å². The Morgan fingerprint density at radius 2 is 2.00 bits per heavy atom. The highest BCUT2D eigenvalue weighted by atomic mass is 15.3. The zero-order valence-electron chi connectivity index (χ0n) is 11.6. The standard InChI is InChI=1S/C15H19N5/c1-2-10-4-3-5-12(8-10)17-13-9-14(20-16)19-15(18-13)11-6-7-11/h3-5,8-9,11H,2,6-7,16H2,1H3,(H2,17,18,19,20). The summed E-state index contributed by atoms with van der Waals surface area (Å²) in [7, 11) is 0. The van der Waals surface area contributed by atoms with E-state index in [-0.39, 0.29) is 0 Å². The fourth-order valence-corrected chi connectivity index (χ4v) is 2.14. The second-order valence-corrected chi connectivity index (χ2v) is 5.09. The first-order valence-electron chi connectivity index (χ1n) is 7.00. The lowest BCUT2D eigenvalue weighted by atomic mass is 10.1. The van der Waals surface area contributed by atoms with E-state index in [1.807, 2.05) is 18.2 Å². The van der Waals surface area contributed by atoms with Gasteiger partial charge in [0.1, 0.15) is 17.5 Å². The molecule has 0 aliphatic heterocycles. The van der Waals surface area contributed by atoms with Crippen LogP contribution >= 0.6 is 0 Å². The molecule has 1 fully saturated rings. The maximum Gasteiger partial charge on any atom is 0.145 e. The molecule has 1 aromatic heterocycles. The minimum Gasteiger partial charge on any atom is -0.340 e. The van der Waals surface area contributed by atoms with E-state index in [1.165, 1.54) is 18.4 Å². The van der Waals surface area contributed by atoms with E-state index in [9.17, 15) is 0 Å². The summed E-state index contributed by atoms with van der Waals surface area (Å²) in [6.45, 7) is 2.14. The summed E-state index contributed by atoms with van der Waals surface area (Å²) in [4.78, 5) is 8.98. The smallest absolute Gasteiger partial charge is 0.145 e. The van der Waals surface area contributed by atoms with Gasteiger partial charge in [0.05, 0.1) is 0 Å². The molecule has 104 valence electrons. The Morgan fingerprint density at radius 1 is 1.20 bits per heavy atom. The van der Waals surface area contributed by atoms with E-state index in [2.05, 4.69) is 39.8 Å². The molecule has 4 N–H and O–H groups in total. The number of aryl methyl sites for hydroxylation is 1. The van der Waals surface area contributed by atoms with Crippen LogP contribution in [0.3, 0.4) is 0 Å². The van der Waals surface area contributed by atoms with Crippen LogP contribution in [0, 0.1) is 0 Å². The molecule has 0 atom stereocenters. The SMILES string of the molecule is CCc1cccc(Nc2cc(NN)nc(C3CC3)n2)c1. The molecule has 5 nitrogen and oxygen atoms in total. The van der Waals surface area contributed by atoms with Crippen molar-refractivity contribution in [3.8, 4) is 0 Å². The Hall–Kier alpha value is -2.14. The minimum absolute atomic E-state index is 0.492. The summed E-state index contributed by atoms with van der Waals surface area (Å²) in [5.41, 5.74) is 4.94. The second-order valence-electron chi connectivity index (χ2n) is 5.09. The molecule has 0 spiro atoms. The van der Waals surface area contributed by atoms with Crippen molar-refractivity contribution < 1.29 is 0 Å². The zero-order chi connectivity index (χ0) is 13.9. The topological polar surface area (TPSA) is 75.9 Å². The summed E-state index contributed by atoms with van der Waals surface area (Å²) in [6.07, 6.45) is 3.35. The molecule has 0 amide bonds. The number of anilines is 3. The number of hydrogen-bond acceptors (Lipinski definition) is 5. The van der Waals surface area contributed by atoms with Crippen molar-refractivity contribution in [3.63, 3.8) is 0 Å². The monoisotopic (exact) mass is 269 g/mol. The number of nitrogens with zero attached hydrogens (tertiary/aromatic N) is 2. The summed E-state index contributed by atoms with van der Waals surface area (Å²) < 4.78 is 0. The van der Waals surface area contributed by atoms with Crippen molar-refractivity contribution >= 4 is 17.3 Å². The highest BCUT2D eigenvalue weighted by Crippen LogP contribution is 2.39. The summed E-state index contributed by atoms with van der Waals surface area (Å²) >= 11 is 0. The lowest BCUT2D eigenvalue weighted by Crippen LogP contribution is -2.11. The quantitative estimate of drug-likeness (QED) is 0.574. The third-order valence-electron chi connectivity index (χ3n) is 3.44. The average molecular weight is 269 g/mol. The minimum atomic E-state index is 0.492. The number of benzene rings is 1. The Balaban J connectivity index is 1.86. The molecule has 0 saturated heterocycles. The third-order valence-corrected chi connectivity index (χ3v) is 3.44. The number of nitrogens with two attached hydrogens (primary N) is 1. The van der Waals surface area contributed by atoms with Gasteiger partial charge in [0.2, 0.25) is 0 Å². The lowest BCUT2D eigenvalue weighted by Gasteiger charge is -2.10. The van der Waals surface area contributed by atoms with Gasteiger partial charge in [0.25, 0.3) is 0 Å². The molecule has 1 aliphatic rings. The largest absolute Gasteiger partial charge is 0.340 e. The number of hydrazine groups is 1. The van der Waals surface area contributed by atoms with Crippen LogP contribution in [-0.4, -0.2) is 9.97 Å². The molecule has 20 heavy (non-hydrogen) atoms. The lowest BCUT2D eigenvalue weighted by molar-refractivity contribution is 0.929. The molecule has 0 radical (unpaired) electrons. The maximum atomic E-state index is 5.48. The molecule has 1 heterocycles. The Kier molecular flexibility index (Phi) is 3.52. The zero-order valence-corrected chi connectivity index (χ0v) is 11.6. The van der Waals surface area contributed by atoms with Gasteiger partial charge < -0.3 is 10.7 Å². The summed E-state index contributed by atoms with van der Waals surface area (Å²) in [6, 6.07) is 10.2. The maximum absolute atomic E-state index is 5.48. The van der Waals surface area contributed by atoms with Crippen LogP contribution < -0.4 is 16.6 Å². The van der Waals surface area contributed by atoms with E-state index in [0.29, 0.717) is 11.7 Å². The summed E-state index contributed by atoms with van der Waals surface area (Å²) in [5.74, 6) is 8.27. The van der Waals surface area contributed by atoms with Crippen LogP contribution in [0.1, 0.15) is 37.1 Å². The van der Waals surface area contributed by atoms with Gasteiger partial charge in [-0.05, 0) is 37.0 Å². The van der Waals surface area contributed by atoms with Gasteiger partial charge in [0.15, 0.2) is 0 Å². The predicted octanol–water partition coefficient (Wildman–Crippen LogP) is 2.95. The van der Waals surface area contributed by atoms with Crippen LogP contribution in [-0.2, 0) is 6.42 Å². The Bertz CT molecular complexity index is 607. The molecule has 2 aromatic rings. The molecular weight excluding hydrogens is 250 g/mol. The first-order chi connectivity index (χ1) is 9.78. The first-order valence-corrected chi connectivity index (χ1v) is 7.00. The molecule has 0 bridgehead atoms. The van der Waals surface area contributed by atoms with Gasteiger partial charge in [-0.3, -0.25) is 0 Å². The first kappa shape index (κ1) is 12.9. The number of nitrogens with one attached hydrogen (secondary N) is 2. The summed E-state index contributed by atoms with van der Waals surface area (Å²) in [5, 5.41) is 3.33. The number of hydrogen-bond donors (Lipinski definition) is 3. The molecule has 1 aliphatic carbocycles. The molecule has 5 heteroatoms. The van der Waals surface area contributed by atoms with Crippen LogP contribution in [0.4, 0.5) is 17.3 Å². The van der Waals surface area contributed by atoms with E-state index in [0.717, 1.165) is 23.8 Å². The van der Waals surface area contributed by atoms with E-state index < -0.39 is 0 Å².